The Labute approximate surface area is 166 Å². The Morgan fingerprint density at radius 2 is 1.96 bits per heavy atom. The highest BCUT2D eigenvalue weighted by atomic mass is 16.5. The van der Waals surface area contributed by atoms with Gasteiger partial charge in [-0.3, -0.25) is 0 Å². The molecule has 2 aromatic rings. The van der Waals surface area contributed by atoms with Crippen LogP contribution < -0.4 is 4.74 Å². The molecule has 0 bridgehead atoms. The average Bonchev–Trinajstić information content (AvgIpc) is 3.27. The first-order chi connectivity index (χ1) is 13.3. The Morgan fingerprint density at radius 3 is 2.57 bits per heavy atom. The zero-order chi connectivity index (χ0) is 19.9. The van der Waals surface area contributed by atoms with Gasteiger partial charge in [0.2, 0.25) is 0 Å². The summed E-state index contributed by atoms with van der Waals surface area (Å²) in [5, 5.41) is 19.0. The van der Waals surface area contributed by atoms with Crippen LogP contribution in [-0.4, -0.2) is 61.7 Å². The van der Waals surface area contributed by atoms with Crippen molar-refractivity contribution in [2.75, 3.05) is 20.2 Å². The zero-order valence-electron chi connectivity index (χ0n) is 17.1. The number of nitrogens with zero attached hydrogens (tertiary/aromatic N) is 5. The summed E-state index contributed by atoms with van der Waals surface area (Å²) < 4.78 is 7.25. The van der Waals surface area contributed by atoms with Crippen LogP contribution in [0.15, 0.2) is 30.5 Å². The number of aliphatic hydroxyl groups excluding tert-OH is 1. The number of fused-ring (bicyclic) bond motifs is 1. The first-order valence-electron chi connectivity index (χ1n) is 9.82. The number of benzene rings is 1. The van der Waals surface area contributed by atoms with E-state index in [9.17, 15) is 5.11 Å². The maximum Gasteiger partial charge on any atom is 0.135 e. The predicted octanol–water partition coefficient (Wildman–Crippen LogP) is 2.31. The van der Waals surface area contributed by atoms with E-state index in [1.54, 1.807) is 7.11 Å². The number of hydrogen-bond acceptors (Lipinski definition) is 6. The lowest BCUT2D eigenvalue weighted by atomic mass is 10.0. The largest absolute Gasteiger partial charge is 0.497 e. The van der Waals surface area contributed by atoms with Crippen molar-refractivity contribution >= 4 is 5.70 Å². The van der Waals surface area contributed by atoms with Crippen LogP contribution in [0.2, 0.25) is 0 Å². The monoisotopic (exact) mass is 383 g/mol. The smallest absolute Gasteiger partial charge is 0.135 e. The first kappa shape index (κ1) is 18.8. The van der Waals surface area contributed by atoms with Crippen LogP contribution in [0.25, 0.3) is 5.70 Å². The number of likely N-dealkylation sites (tertiary alicyclic amines) is 1. The Bertz CT molecular complexity index is 866. The summed E-state index contributed by atoms with van der Waals surface area (Å²) in [5.41, 5.74) is 4.25. The first-order valence-corrected chi connectivity index (χ1v) is 9.82. The molecule has 0 radical (unpaired) electrons. The fraction of sp³-hybridized carbons (Fsp3) is 0.524. The molecule has 4 rings (SSSR count). The Hall–Kier alpha value is -2.54. The number of rotatable bonds is 4. The molecule has 1 saturated heterocycles. The van der Waals surface area contributed by atoms with E-state index in [1.807, 2.05) is 16.8 Å². The molecule has 0 spiro atoms. The van der Waals surface area contributed by atoms with E-state index in [0.717, 1.165) is 47.9 Å². The molecule has 7 nitrogen and oxygen atoms in total. The van der Waals surface area contributed by atoms with Crippen LogP contribution in [-0.2, 0) is 13.1 Å². The molecule has 0 saturated carbocycles. The van der Waals surface area contributed by atoms with Crippen molar-refractivity contribution in [2.45, 2.75) is 51.9 Å². The summed E-state index contributed by atoms with van der Waals surface area (Å²) in [6.07, 6.45) is 2.71. The molecule has 3 heterocycles. The van der Waals surface area contributed by atoms with Gasteiger partial charge in [-0.2, -0.15) is 0 Å². The van der Waals surface area contributed by atoms with Crippen molar-refractivity contribution in [3.63, 3.8) is 0 Å². The second kappa shape index (κ2) is 7.13. The quantitative estimate of drug-likeness (QED) is 0.874. The topological polar surface area (TPSA) is 66.7 Å². The van der Waals surface area contributed by atoms with Crippen LogP contribution in [0, 0.1) is 0 Å². The van der Waals surface area contributed by atoms with Gasteiger partial charge in [0.25, 0.3) is 0 Å². The molecule has 1 fully saturated rings. The van der Waals surface area contributed by atoms with Gasteiger partial charge in [0.15, 0.2) is 0 Å². The van der Waals surface area contributed by atoms with Crippen LogP contribution in [0.1, 0.15) is 44.1 Å². The van der Waals surface area contributed by atoms with E-state index < -0.39 is 0 Å². The van der Waals surface area contributed by atoms with Crippen LogP contribution >= 0.6 is 0 Å². The predicted molar refractivity (Wildman–Crippen MR) is 108 cm³/mol. The summed E-state index contributed by atoms with van der Waals surface area (Å²) in [4.78, 5) is 4.57. The SMILES string of the molecule is COc1ccc(Cn2nnc3c2CN(C(C)(C)C)C=C3N2CC[C@H](O)C2)cc1. The van der Waals surface area contributed by atoms with Crippen molar-refractivity contribution in [1.82, 2.24) is 24.8 Å². The molecule has 2 aliphatic rings. The molecule has 2 aliphatic heterocycles. The fourth-order valence-electron chi connectivity index (χ4n) is 3.76. The normalized spacial score (nSPS) is 19.6. The summed E-state index contributed by atoms with van der Waals surface area (Å²) in [7, 11) is 1.67. The number of hydrogen-bond donors (Lipinski definition) is 1. The number of β-amino-alcohol motifs (C(OH)–C–C–N with tert-alkyl or cyclic N) is 1. The maximum atomic E-state index is 10.0. The zero-order valence-corrected chi connectivity index (χ0v) is 17.1. The third kappa shape index (κ3) is 3.58. The Balaban J connectivity index is 1.67. The van der Waals surface area contributed by atoms with Crippen LogP contribution in [0.3, 0.4) is 0 Å². The van der Waals surface area contributed by atoms with Gasteiger partial charge in [0, 0.05) is 24.8 Å². The molecule has 150 valence electrons. The van der Waals surface area contributed by atoms with Crippen molar-refractivity contribution in [2.24, 2.45) is 0 Å². The summed E-state index contributed by atoms with van der Waals surface area (Å²) in [6.45, 7) is 9.56. The van der Waals surface area contributed by atoms with Gasteiger partial charge in [0.05, 0.1) is 37.7 Å². The molecule has 7 heteroatoms. The molecule has 1 atom stereocenters. The lowest BCUT2D eigenvalue weighted by Crippen LogP contribution is -2.40. The van der Waals surface area contributed by atoms with Gasteiger partial charge in [-0.25, -0.2) is 4.68 Å². The van der Waals surface area contributed by atoms with Crippen LogP contribution in [0.4, 0.5) is 0 Å². The summed E-state index contributed by atoms with van der Waals surface area (Å²) in [5.74, 6) is 0.848. The fourth-order valence-corrected chi connectivity index (χ4v) is 3.76. The third-order valence-corrected chi connectivity index (χ3v) is 5.54. The third-order valence-electron chi connectivity index (χ3n) is 5.54. The maximum absolute atomic E-state index is 10.0. The van der Waals surface area contributed by atoms with Crippen molar-refractivity contribution in [3.05, 3.63) is 47.4 Å². The highest BCUT2D eigenvalue weighted by Gasteiger charge is 2.33. The summed E-state index contributed by atoms with van der Waals surface area (Å²) >= 11 is 0. The van der Waals surface area contributed by atoms with E-state index in [4.69, 9.17) is 4.74 Å². The van der Waals surface area contributed by atoms with Crippen LogP contribution in [0.5, 0.6) is 5.75 Å². The van der Waals surface area contributed by atoms with E-state index in [2.05, 4.69) is 59.2 Å². The van der Waals surface area contributed by atoms with E-state index in [-0.39, 0.29) is 11.6 Å². The van der Waals surface area contributed by atoms with Crippen molar-refractivity contribution in [1.29, 1.82) is 0 Å². The molecule has 28 heavy (non-hydrogen) atoms. The Kier molecular flexibility index (Phi) is 4.79. The van der Waals surface area contributed by atoms with Crippen molar-refractivity contribution in [3.8, 4) is 5.75 Å². The number of ether oxygens (including phenoxy) is 1. The van der Waals surface area contributed by atoms with Gasteiger partial charge < -0.3 is 19.6 Å². The second-order valence-corrected chi connectivity index (χ2v) is 8.59. The lowest BCUT2D eigenvalue weighted by molar-refractivity contribution is 0.179. The minimum absolute atomic E-state index is 0.0174. The van der Waals surface area contributed by atoms with Gasteiger partial charge in [-0.1, -0.05) is 17.3 Å². The van der Waals surface area contributed by atoms with E-state index in [0.29, 0.717) is 13.1 Å². The van der Waals surface area contributed by atoms with Gasteiger partial charge in [-0.05, 0) is 44.9 Å². The van der Waals surface area contributed by atoms with E-state index >= 15 is 0 Å². The number of methoxy groups -OCH3 is 1. The number of aliphatic hydroxyl groups is 1. The van der Waals surface area contributed by atoms with Gasteiger partial charge >= 0.3 is 0 Å². The standard InChI is InChI=1S/C21H29N5O2/c1-21(2,3)25-13-18(24-10-9-16(27)12-24)20-19(14-25)26(23-22-20)11-15-5-7-17(28-4)8-6-15/h5-8,13,16,27H,9-12,14H2,1-4H3/t16-/m0/s1. The molecule has 0 unspecified atom stereocenters. The number of aromatic nitrogens is 3. The molecule has 1 aromatic heterocycles. The van der Waals surface area contributed by atoms with Gasteiger partial charge in [0.1, 0.15) is 11.4 Å². The minimum atomic E-state index is -0.274. The lowest BCUT2D eigenvalue weighted by Gasteiger charge is -2.39. The molecular formula is C21H29N5O2. The molecule has 0 amide bonds. The molecule has 1 N–H and O–H groups in total. The molecular weight excluding hydrogens is 354 g/mol. The highest BCUT2D eigenvalue weighted by molar-refractivity contribution is 5.64. The summed E-state index contributed by atoms with van der Waals surface area (Å²) in [6, 6.07) is 8.06. The molecule has 0 aliphatic carbocycles. The van der Waals surface area contributed by atoms with E-state index in [1.165, 1.54) is 0 Å². The Morgan fingerprint density at radius 1 is 1.21 bits per heavy atom. The average molecular weight is 383 g/mol. The second-order valence-electron chi connectivity index (χ2n) is 8.59. The van der Waals surface area contributed by atoms with Gasteiger partial charge in [-0.15, -0.1) is 5.10 Å². The highest BCUT2D eigenvalue weighted by Crippen LogP contribution is 2.33. The van der Waals surface area contributed by atoms with Crippen molar-refractivity contribution < 1.29 is 9.84 Å². The molecule has 1 aromatic carbocycles. The minimum Gasteiger partial charge on any atom is -0.497 e.